The molecule has 11 nitrogen and oxygen atoms in total. The number of rotatable bonds is 10. The van der Waals surface area contributed by atoms with Crippen LogP contribution in [-0.2, 0) is 10.2 Å². The number of aromatic nitrogens is 3. The molecule has 4 rings (SSSR count). The fourth-order valence-electron chi connectivity index (χ4n) is 4.50. The Morgan fingerprint density at radius 3 is 2.59 bits per heavy atom. The Balaban J connectivity index is 1.09. The summed E-state index contributed by atoms with van der Waals surface area (Å²) in [4.78, 5) is 35.2. The van der Waals surface area contributed by atoms with E-state index in [-0.39, 0.29) is 23.8 Å². The first-order valence-electron chi connectivity index (χ1n) is 13.1. The maximum atomic E-state index is 12.2. The van der Waals surface area contributed by atoms with E-state index in [0.29, 0.717) is 51.4 Å². The summed E-state index contributed by atoms with van der Waals surface area (Å²) < 4.78 is 2.75. The van der Waals surface area contributed by atoms with Crippen LogP contribution in [0.1, 0.15) is 39.2 Å². The molecule has 1 aliphatic rings. The van der Waals surface area contributed by atoms with Gasteiger partial charge in [-0.2, -0.15) is 0 Å². The molecular weight excluding hydrogens is 564 g/mol. The van der Waals surface area contributed by atoms with Crippen LogP contribution in [0.25, 0.3) is 5.65 Å². The van der Waals surface area contributed by atoms with Crippen LogP contribution >= 0.6 is 15.9 Å². The molecule has 3 amide bonds. The van der Waals surface area contributed by atoms with Crippen LogP contribution in [0.4, 0.5) is 16.3 Å². The number of imidazole rings is 1. The lowest BCUT2D eigenvalue weighted by molar-refractivity contribution is -0.121. The predicted octanol–water partition coefficient (Wildman–Crippen LogP) is 2.65. The number of carbonyl (C=O) groups excluding carboxylic acids is 2. The minimum absolute atomic E-state index is 0.0537. The highest BCUT2D eigenvalue weighted by molar-refractivity contribution is 9.10. The number of urea groups is 1. The van der Waals surface area contributed by atoms with Gasteiger partial charge in [0.1, 0.15) is 4.60 Å². The number of hydrogen-bond donors (Lipinski definition) is 5. The maximum Gasteiger partial charge on any atom is 0.319 e. The van der Waals surface area contributed by atoms with Gasteiger partial charge in [-0.15, -0.1) is 0 Å². The van der Waals surface area contributed by atoms with Gasteiger partial charge in [0, 0.05) is 63.8 Å². The Bertz CT molecular complexity index is 1290. The molecule has 3 heterocycles. The molecule has 1 saturated heterocycles. The van der Waals surface area contributed by atoms with Crippen molar-refractivity contribution < 1.29 is 14.7 Å². The van der Waals surface area contributed by atoms with Crippen LogP contribution in [0.3, 0.4) is 0 Å². The van der Waals surface area contributed by atoms with Crippen LogP contribution in [-0.4, -0.2) is 76.3 Å². The van der Waals surface area contributed by atoms with Crippen molar-refractivity contribution >= 4 is 45.0 Å². The highest BCUT2D eigenvalue weighted by Crippen LogP contribution is 2.28. The van der Waals surface area contributed by atoms with Crippen LogP contribution in [0.5, 0.6) is 0 Å². The topological polar surface area (TPSA) is 136 Å². The van der Waals surface area contributed by atoms with Crippen molar-refractivity contribution in [3.63, 3.8) is 0 Å². The Hall–Kier alpha value is -3.22. The predicted molar refractivity (Wildman–Crippen MR) is 155 cm³/mol. The maximum absolute atomic E-state index is 12.2. The molecule has 0 radical (unpaired) electrons. The molecule has 1 atom stereocenters. The van der Waals surface area contributed by atoms with E-state index in [2.05, 4.69) is 67.9 Å². The largest absolute Gasteiger partial charge is 0.387 e. The first-order valence-corrected chi connectivity index (χ1v) is 13.9. The van der Waals surface area contributed by atoms with Crippen LogP contribution in [0, 0.1) is 0 Å². The molecule has 0 aliphatic carbocycles. The minimum atomic E-state index is -0.918. The first-order chi connectivity index (χ1) is 18.5. The van der Waals surface area contributed by atoms with Crippen molar-refractivity contribution in [2.24, 2.45) is 0 Å². The number of anilines is 2. The van der Waals surface area contributed by atoms with E-state index in [1.807, 2.05) is 39.8 Å². The van der Waals surface area contributed by atoms with E-state index in [0.717, 1.165) is 16.1 Å². The molecule has 2 aromatic heterocycles. The number of benzene rings is 1. The number of nitrogens with zero attached hydrogens (tertiary/aromatic N) is 4. The number of hydrogen-bond acceptors (Lipinski definition) is 7. The summed E-state index contributed by atoms with van der Waals surface area (Å²) in [5, 5.41) is 22.6. The Morgan fingerprint density at radius 2 is 1.85 bits per heavy atom. The minimum Gasteiger partial charge on any atom is -0.387 e. The molecule has 210 valence electrons. The van der Waals surface area contributed by atoms with Crippen molar-refractivity contribution in [1.82, 2.24) is 30.3 Å². The molecule has 39 heavy (non-hydrogen) atoms. The van der Waals surface area contributed by atoms with Crippen LogP contribution < -0.4 is 26.2 Å². The zero-order valence-electron chi connectivity index (χ0n) is 22.6. The summed E-state index contributed by atoms with van der Waals surface area (Å²) in [6.07, 6.45) is 6.15. The van der Waals surface area contributed by atoms with Gasteiger partial charge in [0.2, 0.25) is 5.91 Å². The van der Waals surface area contributed by atoms with E-state index in [1.54, 1.807) is 12.4 Å². The second kappa shape index (κ2) is 12.3. The second-order valence-electron chi connectivity index (χ2n) is 10.9. The van der Waals surface area contributed by atoms with Gasteiger partial charge < -0.3 is 31.3 Å². The van der Waals surface area contributed by atoms with Gasteiger partial charge in [0.15, 0.2) is 11.5 Å². The third-order valence-electron chi connectivity index (χ3n) is 6.72. The third-order valence-corrected chi connectivity index (χ3v) is 7.31. The first kappa shape index (κ1) is 28.8. The van der Waals surface area contributed by atoms with E-state index in [9.17, 15) is 14.7 Å². The summed E-state index contributed by atoms with van der Waals surface area (Å²) in [6.45, 7) is 8.97. The number of carbonyl (C=O) groups is 2. The summed E-state index contributed by atoms with van der Waals surface area (Å²) in [6, 6.07) is 7.45. The molecule has 3 aromatic rings. The van der Waals surface area contributed by atoms with Gasteiger partial charge in [-0.3, -0.25) is 9.20 Å². The van der Waals surface area contributed by atoms with Crippen LogP contribution in [0.2, 0.25) is 0 Å². The quantitative estimate of drug-likeness (QED) is 0.226. The molecule has 0 saturated carbocycles. The number of fused-ring (bicyclic) bond motifs is 1. The summed E-state index contributed by atoms with van der Waals surface area (Å²) in [5.41, 5.74) is 1.78. The molecule has 5 N–H and O–H groups in total. The normalized spacial score (nSPS) is 17.4. The lowest BCUT2D eigenvalue weighted by Gasteiger charge is -2.24. The monoisotopic (exact) mass is 600 g/mol. The smallest absolute Gasteiger partial charge is 0.319 e. The number of nitrogens with one attached hydrogen (secondary N) is 4. The molecule has 12 heteroatoms. The average molecular weight is 602 g/mol. The SMILES string of the molecule is CC(C)(C)c1ccc(NC(=O)NCCNC(=O)CCNCC2(O)CCN(c3nccn4c(Br)cnc34)C2)cc1. The highest BCUT2D eigenvalue weighted by Gasteiger charge is 2.37. The van der Waals surface area contributed by atoms with Gasteiger partial charge in [-0.05, 0) is 45.5 Å². The molecule has 0 bridgehead atoms. The molecule has 1 aromatic carbocycles. The van der Waals surface area contributed by atoms with Crippen molar-refractivity contribution in [1.29, 1.82) is 0 Å². The van der Waals surface area contributed by atoms with E-state index in [4.69, 9.17) is 0 Å². The van der Waals surface area contributed by atoms with E-state index < -0.39 is 5.60 Å². The van der Waals surface area contributed by atoms with Crippen molar-refractivity contribution in [2.45, 2.75) is 44.6 Å². The molecule has 0 spiro atoms. The Morgan fingerprint density at radius 1 is 1.10 bits per heavy atom. The lowest BCUT2D eigenvalue weighted by Crippen LogP contribution is -2.44. The van der Waals surface area contributed by atoms with Crippen molar-refractivity contribution in [3.05, 3.63) is 53.0 Å². The molecular formula is C27H37BrN8O3. The van der Waals surface area contributed by atoms with Crippen molar-refractivity contribution in [2.75, 3.05) is 49.5 Å². The second-order valence-corrected chi connectivity index (χ2v) is 11.7. The lowest BCUT2D eigenvalue weighted by atomic mass is 9.87. The van der Waals surface area contributed by atoms with E-state index in [1.165, 1.54) is 5.56 Å². The Labute approximate surface area is 236 Å². The van der Waals surface area contributed by atoms with Gasteiger partial charge >= 0.3 is 6.03 Å². The van der Waals surface area contributed by atoms with Gasteiger partial charge in [-0.25, -0.2) is 14.8 Å². The zero-order valence-corrected chi connectivity index (χ0v) is 24.2. The number of aliphatic hydroxyl groups is 1. The van der Waals surface area contributed by atoms with Gasteiger partial charge in [-0.1, -0.05) is 32.9 Å². The zero-order chi connectivity index (χ0) is 28.0. The van der Waals surface area contributed by atoms with E-state index >= 15 is 0 Å². The summed E-state index contributed by atoms with van der Waals surface area (Å²) in [5.74, 6) is 0.613. The molecule has 1 fully saturated rings. The van der Waals surface area contributed by atoms with Gasteiger partial charge in [0.05, 0.1) is 11.8 Å². The molecule has 1 unspecified atom stereocenters. The number of amides is 3. The van der Waals surface area contributed by atoms with Crippen molar-refractivity contribution in [3.8, 4) is 0 Å². The number of β-amino-alcohol motifs (C(OH)–C–C–N with tert-alkyl or cyclic N) is 1. The average Bonchev–Trinajstić information content (AvgIpc) is 3.47. The highest BCUT2D eigenvalue weighted by atomic mass is 79.9. The van der Waals surface area contributed by atoms with Gasteiger partial charge in [0.25, 0.3) is 0 Å². The fourth-order valence-corrected chi connectivity index (χ4v) is 4.89. The molecule has 1 aliphatic heterocycles. The number of halogens is 1. The summed E-state index contributed by atoms with van der Waals surface area (Å²) >= 11 is 3.47. The summed E-state index contributed by atoms with van der Waals surface area (Å²) in [7, 11) is 0. The van der Waals surface area contributed by atoms with Crippen LogP contribution in [0.15, 0.2) is 47.5 Å². The standard InChI is InChI=1S/C27H37BrN8O3/c1-26(2,3)19-4-6-20(7-5-19)34-25(38)32-12-11-30-22(37)8-10-29-17-27(39)9-14-35(18-27)23-24-33-16-21(28)36(24)15-13-31-23/h4-7,13,15-16,29,39H,8-12,14,17-18H2,1-3H3,(H,30,37)(H2,32,34,38). The fraction of sp³-hybridized carbons (Fsp3) is 0.481. The Kier molecular flexibility index (Phi) is 9.08. The third kappa shape index (κ3) is 7.68.